The predicted molar refractivity (Wildman–Crippen MR) is 77.8 cm³/mol. The molecular formula is C16H14FN3O2. The highest BCUT2D eigenvalue weighted by Gasteiger charge is 2.15. The molecule has 1 N–H and O–H groups in total. The molecule has 0 fully saturated rings. The van der Waals surface area contributed by atoms with E-state index in [1.165, 1.54) is 7.11 Å². The molecule has 1 aromatic carbocycles. The van der Waals surface area contributed by atoms with Gasteiger partial charge >= 0.3 is 0 Å². The van der Waals surface area contributed by atoms with Crippen LogP contribution in [0.4, 0.5) is 4.39 Å². The van der Waals surface area contributed by atoms with Gasteiger partial charge in [0.15, 0.2) is 11.4 Å². The number of hydrogen-bond acceptors (Lipinski definition) is 4. The van der Waals surface area contributed by atoms with Gasteiger partial charge in [0.05, 0.1) is 24.9 Å². The fourth-order valence-electron chi connectivity index (χ4n) is 1.97. The number of aryl methyl sites for hydroxylation is 1. The van der Waals surface area contributed by atoms with Gasteiger partial charge in [0, 0.05) is 12.6 Å². The molecule has 0 aliphatic rings. The first kappa shape index (κ1) is 15.4. The minimum absolute atomic E-state index is 0.0233. The Morgan fingerprint density at radius 2 is 2.23 bits per heavy atom. The average molecular weight is 299 g/mol. The average Bonchev–Trinajstić information content (AvgIpc) is 2.53. The molecule has 0 aliphatic carbocycles. The van der Waals surface area contributed by atoms with Crippen LogP contribution in [0.1, 0.15) is 27.2 Å². The summed E-state index contributed by atoms with van der Waals surface area (Å²) in [6.45, 7) is 2.14. The van der Waals surface area contributed by atoms with Gasteiger partial charge in [-0.05, 0) is 30.2 Å². The van der Waals surface area contributed by atoms with Crippen LogP contribution in [-0.4, -0.2) is 18.0 Å². The second-order valence-electron chi connectivity index (χ2n) is 4.64. The normalized spacial score (nSPS) is 9.91. The number of nitriles is 1. The van der Waals surface area contributed by atoms with Crippen molar-refractivity contribution in [1.82, 2.24) is 10.3 Å². The van der Waals surface area contributed by atoms with Gasteiger partial charge in [-0.15, -0.1) is 0 Å². The van der Waals surface area contributed by atoms with E-state index >= 15 is 0 Å². The monoisotopic (exact) mass is 299 g/mol. The highest BCUT2D eigenvalue weighted by Crippen LogP contribution is 2.17. The maximum absolute atomic E-state index is 13.1. The van der Waals surface area contributed by atoms with Crippen LogP contribution in [0, 0.1) is 24.1 Å². The Morgan fingerprint density at radius 1 is 1.45 bits per heavy atom. The number of methoxy groups -OCH3 is 1. The van der Waals surface area contributed by atoms with Gasteiger partial charge in [0.25, 0.3) is 5.91 Å². The van der Waals surface area contributed by atoms with Gasteiger partial charge in [0.2, 0.25) is 0 Å². The third kappa shape index (κ3) is 3.38. The van der Waals surface area contributed by atoms with Gasteiger partial charge in [-0.2, -0.15) is 5.26 Å². The number of amides is 1. The van der Waals surface area contributed by atoms with Crippen LogP contribution in [0.15, 0.2) is 30.5 Å². The Balaban J connectivity index is 2.12. The zero-order valence-electron chi connectivity index (χ0n) is 12.2. The van der Waals surface area contributed by atoms with Crippen molar-refractivity contribution in [2.75, 3.05) is 7.11 Å². The molecule has 2 rings (SSSR count). The van der Waals surface area contributed by atoms with Gasteiger partial charge in [-0.3, -0.25) is 4.79 Å². The minimum atomic E-state index is -0.573. The molecule has 0 saturated carbocycles. The summed E-state index contributed by atoms with van der Waals surface area (Å²) in [7, 11) is 1.35. The zero-order valence-corrected chi connectivity index (χ0v) is 12.2. The summed E-state index contributed by atoms with van der Waals surface area (Å²) in [6, 6.07) is 8.38. The Labute approximate surface area is 127 Å². The molecule has 112 valence electrons. The van der Waals surface area contributed by atoms with Gasteiger partial charge in [-0.25, -0.2) is 9.37 Å². The molecule has 0 atom stereocenters. The van der Waals surface area contributed by atoms with Crippen molar-refractivity contribution in [1.29, 1.82) is 5.26 Å². The van der Waals surface area contributed by atoms with Crippen LogP contribution in [0.2, 0.25) is 0 Å². The highest BCUT2D eigenvalue weighted by atomic mass is 19.1. The van der Waals surface area contributed by atoms with Gasteiger partial charge in [-0.1, -0.05) is 6.07 Å². The lowest BCUT2D eigenvalue weighted by molar-refractivity contribution is 0.0942. The SMILES string of the molecule is COc1cc(F)cnc1C(=O)NCc1ccc(C#N)cc1C. The first-order valence-corrected chi connectivity index (χ1v) is 6.52. The summed E-state index contributed by atoms with van der Waals surface area (Å²) in [5, 5.41) is 11.5. The van der Waals surface area contributed by atoms with E-state index in [4.69, 9.17) is 10.00 Å². The number of rotatable bonds is 4. The van der Waals surface area contributed by atoms with Gasteiger partial charge in [0.1, 0.15) is 5.82 Å². The number of nitrogens with zero attached hydrogens (tertiary/aromatic N) is 2. The Hall–Kier alpha value is -2.94. The first-order chi connectivity index (χ1) is 10.5. The van der Waals surface area contributed by atoms with Crippen molar-refractivity contribution in [3.63, 3.8) is 0 Å². The van der Waals surface area contributed by atoms with Crippen LogP contribution in [-0.2, 0) is 6.54 Å². The van der Waals surface area contributed by atoms with Crippen LogP contribution in [0.5, 0.6) is 5.75 Å². The largest absolute Gasteiger partial charge is 0.494 e. The minimum Gasteiger partial charge on any atom is -0.494 e. The van der Waals surface area contributed by atoms with Crippen LogP contribution >= 0.6 is 0 Å². The molecule has 0 spiro atoms. The van der Waals surface area contributed by atoms with Gasteiger partial charge < -0.3 is 10.1 Å². The van der Waals surface area contributed by atoms with Crippen molar-refractivity contribution in [3.8, 4) is 11.8 Å². The molecule has 5 nitrogen and oxygen atoms in total. The number of halogens is 1. The molecule has 1 aromatic heterocycles. The maximum Gasteiger partial charge on any atom is 0.274 e. The van der Waals surface area contributed by atoms with Crippen LogP contribution in [0.25, 0.3) is 0 Å². The molecule has 0 bridgehead atoms. The fraction of sp³-hybridized carbons (Fsp3) is 0.188. The summed E-state index contributed by atoms with van der Waals surface area (Å²) in [4.78, 5) is 15.9. The molecule has 1 heterocycles. The predicted octanol–water partition coefficient (Wildman–Crippen LogP) is 2.34. The van der Waals surface area contributed by atoms with E-state index in [-0.39, 0.29) is 18.0 Å². The molecular weight excluding hydrogens is 285 g/mol. The molecule has 0 radical (unpaired) electrons. The van der Waals surface area contributed by atoms with E-state index in [9.17, 15) is 9.18 Å². The lowest BCUT2D eigenvalue weighted by Crippen LogP contribution is -2.25. The molecule has 0 saturated heterocycles. The first-order valence-electron chi connectivity index (χ1n) is 6.52. The van der Waals surface area contributed by atoms with Crippen LogP contribution < -0.4 is 10.1 Å². The van der Waals surface area contributed by atoms with E-state index < -0.39 is 11.7 Å². The van der Waals surface area contributed by atoms with E-state index in [0.717, 1.165) is 23.4 Å². The summed E-state index contributed by atoms with van der Waals surface area (Å²) in [5.41, 5.74) is 2.37. The summed E-state index contributed by atoms with van der Waals surface area (Å²) in [5.74, 6) is -0.953. The number of aromatic nitrogens is 1. The number of carbonyl (C=O) groups is 1. The van der Waals surface area contributed by atoms with E-state index in [2.05, 4.69) is 16.4 Å². The summed E-state index contributed by atoms with van der Waals surface area (Å²) < 4.78 is 18.0. The Morgan fingerprint density at radius 3 is 2.86 bits per heavy atom. The second-order valence-corrected chi connectivity index (χ2v) is 4.64. The highest BCUT2D eigenvalue weighted by molar-refractivity contribution is 5.94. The third-order valence-electron chi connectivity index (χ3n) is 3.17. The zero-order chi connectivity index (χ0) is 16.1. The van der Waals surface area contributed by atoms with E-state index in [1.807, 2.05) is 6.92 Å². The number of pyridine rings is 1. The van der Waals surface area contributed by atoms with Crippen LogP contribution in [0.3, 0.4) is 0 Å². The van der Waals surface area contributed by atoms with E-state index in [1.54, 1.807) is 18.2 Å². The molecule has 0 unspecified atom stereocenters. The molecule has 0 aliphatic heterocycles. The van der Waals surface area contributed by atoms with Crippen molar-refractivity contribution in [2.24, 2.45) is 0 Å². The Bertz CT molecular complexity index is 754. The number of hydrogen-bond donors (Lipinski definition) is 1. The number of ether oxygens (including phenoxy) is 1. The molecule has 6 heteroatoms. The fourth-order valence-corrected chi connectivity index (χ4v) is 1.97. The summed E-state index contributed by atoms with van der Waals surface area (Å²) >= 11 is 0. The second kappa shape index (κ2) is 6.68. The number of benzene rings is 1. The third-order valence-corrected chi connectivity index (χ3v) is 3.17. The van der Waals surface area contributed by atoms with Crippen molar-refractivity contribution in [2.45, 2.75) is 13.5 Å². The number of carbonyl (C=O) groups excluding carboxylic acids is 1. The molecule has 22 heavy (non-hydrogen) atoms. The maximum atomic E-state index is 13.1. The Kier molecular flexibility index (Phi) is 4.69. The standard InChI is InChI=1S/C16H14FN3O2/c1-10-5-11(7-18)3-4-12(10)8-20-16(21)15-14(22-2)6-13(17)9-19-15/h3-6,9H,8H2,1-2H3,(H,20,21). The smallest absolute Gasteiger partial charge is 0.274 e. The topological polar surface area (TPSA) is 75.0 Å². The summed E-state index contributed by atoms with van der Waals surface area (Å²) in [6.07, 6.45) is 0.963. The lowest BCUT2D eigenvalue weighted by Gasteiger charge is -2.10. The quantitative estimate of drug-likeness (QED) is 0.940. The van der Waals surface area contributed by atoms with Crippen molar-refractivity contribution in [3.05, 3.63) is 58.7 Å². The molecule has 2 aromatic rings. The van der Waals surface area contributed by atoms with Crippen molar-refractivity contribution >= 4 is 5.91 Å². The lowest BCUT2D eigenvalue weighted by atomic mass is 10.1. The number of nitrogens with one attached hydrogen (secondary N) is 1. The van der Waals surface area contributed by atoms with E-state index in [0.29, 0.717) is 5.56 Å². The van der Waals surface area contributed by atoms with Crippen molar-refractivity contribution < 1.29 is 13.9 Å². The molecule has 1 amide bonds.